The van der Waals surface area contributed by atoms with Gasteiger partial charge in [-0.15, -0.1) is 0 Å². The third-order valence-corrected chi connectivity index (χ3v) is 6.33. The quantitative estimate of drug-likeness (QED) is 0.296. The summed E-state index contributed by atoms with van der Waals surface area (Å²) in [4.78, 5) is 14.0. The molecule has 6 aromatic rings. The van der Waals surface area contributed by atoms with Crippen molar-refractivity contribution in [2.24, 2.45) is 0 Å². The fourth-order valence-electron chi connectivity index (χ4n) is 4.71. The molecule has 4 heterocycles. The summed E-state index contributed by atoms with van der Waals surface area (Å²) in [6.45, 7) is 2.21. The van der Waals surface area contributed by atoms with Gasteiger partial charge in [-0.25, -0.2) is 4.98 Å². The first-order valence-electron chi connectivity index (χ1n) is 11.6. The normalized spacial score (nSPS) is 11.3. The number of benzene rings is 2. The summed E-state index contributed by atoms with van der Waals surface area (Å²) in [6, 6.07) is 29.5. The van der Waals surface area contributed by atoms with Crippen LogP contribution < -0.4 is 0 Å². The molecule has 0 radical (unpaired) electrons. The van der Waals surface area contributed by atoms with Gasteiger partial charge in [0.25, 0.3) is 0 Å². The Kier molecular flexibility index (Phi) is 5.11. The van der Waals surface area contributed by atoms with E-state index in [1.807, 2.05) is 48.9 Å². The van der Waals surface area contributed by atoms with Crippen molar-refractivity contribution in [2.75, 3.05) is 0 Å². The summed E-state index contributed by atoms with van der Waals surface area (Å²) >= 11 is 0. The zero-order valence-electron chi connectivity index (χ0n) is 19.0. The summed E-state index contributed by atoms with van der Waals surface area (Å²) in [6.07, 6.45) is 7.37. The number of rotatable bonds is 5. The van der Waals surface area contributed by atoms with Gasteiger partial charge in [0.2, 0.25) is 0 Å². The van der Waals surface area contributed by atoms with Crippen LogP contribution in [0.5, 0.6) is 0 Å². The Labute approximate surface area is 198 Å². The predicted molar refractivity (Wildman–Crippen MR) is 138 cm³/mol. The number of nitrogens with zero attached hydrogens (tertiary/aromatic N) is 4. The minimum Gasteiger partial charge on any atom is -0.294 e. The number of aryl methyl sites for hydroxylation is 1. The smallest absolute Gasteiger partial charge is 0.145 e. The number of hydrogen-bond donors (Lipinski definition) is 0. The van der Waals surface area contributed by atoms with Crippen molar-refractivity contribution in [3.63, 3.8) is 0 Å². The highest BCUT2D eigenvalue weighted by Crippen LogP contribution is 2.36. The van der Waals surface area contributed by atoms with Crippen LogP contribution >= 0.6 is 0 Å². The Morgan fingerprint density at radius 1 is 0.735 bits per heavy atom. The van der Waals surface area contributed by atoms with Gasteiger partial charge < -0.3 is 0 Å². The standard InChI is InChI=1S/C30H24N4/c1-2-22-18-23(28-14-13-21(20-33-28)17-24-9-6-7-15-31-24)19-27-26-12-8-16-32-30(26)34(29(22)27)25-10-4-3-5-11-25/h3-16,18-20H,2,17H2,1H3. The highest BCUT2D eigenvalue weighted by molar-refractivity contribution is 6.10. The first-order chi connectivity index (χ1) is 16.8. The molecule has 164 valence electrons. The lowest BCUT2D eigenvalue weighted by Crippen LogP contribution is -1.98. The summed E-state index contributed by atoms with van der Waals surface area (Å²) in [5, 5.41) is 2.37. The van der Waals surface area contributed by atoms with Crippen LogP contribution in [-0.2, 0) is 12.8 Å². The van der Waals surface area contributed by atoms with E-state index >= 15 is 0 Å². The molecular formula is C30H24N4. The Bertz CT molecular complexity index is 1580. The molecule has 0 saturated carbocycles. The molecule has 0 fully saturated rings. The average molecular weight is 441 g/mol. The van der Waals surface area contributed by atoms with E-state index in [1.54, 1.807) is 0 Å². The maximum Gasteiger partial charge on any atom is 0.145 e. The molecule has 0 aliphatic carbocycles. The minimum absolute atomic E-state index is 0.781. The van der Waals surface area contributed by atoms with Gasteiger partial charge >= 0.3 is 0 Å². The first-order valence-corrected chi connectivity index (χ1v) is 11.6. The zero-order chi connectivity index (χ0) is 22.9. The van der Waals surface area contributed by atoms with Crippen LogP contribution in [0, 0.1) is 0 Å². The Morgan fingerprint density at radius 3 is 2.35 bits per heavy atom. The molecule has 0 N–H and O–H groups in total. The van der Waals surface area contributed by atoms with Crippen molar-refractivity contribution in [2.45, 2.75) is 19.8 Å². The number of pyridine rings is 3. The molecule has 34 heavy (non-hydrogen) atoms. The van der Waals surface area contributed by atoms with Crippen LogP contribution in [0.25, 0.3) is 38.9 Å². The highest BCUT2D eigenvalue weighted by atomic mass is 15.0. The monoisotopic (exact) mass is 440 g/mol. The van der Waals surface area contributed by atoms with E-state index in [-0.39, 0.29) is 0 Å². The van der Waals surface area contributed by atoms with Gasteiger partial charge in [-0.05, 0) is 72.1 Å². The minimum atomic E-state index is 0.781. The second-order valence-corrected chi connectivity index (χ2v) is 8.48. The van der Waals surface area contributed by atoms with Gasteiger partial charge in [0.05, 0.1) is 11.2 Å². The third kappa shape index (κ3) is 3.54. The Balaban J connectivity index is 1.49. The zero-order valence-corrected chi connectivity index (χ0v) is 19.0. The fraction of sp³-hybridized carbons (Fsp3) is 0.100. The van der Waals surface area contributed by atoms with Crippen molar-refractivity contribution >= 4 is 21.9 Å². The molecule has 2 aromatic carbocycles. The van der Waals surface area contributed by atoms with E-state index in [0.717, 1.165) is 52.1 Å². The summed E-state index contributed by atoms with van der Waals surface area (Å²) in [7, 11) is 0. The molecule has 4 nitrogen and oxygen atoms in total. The van der Waals surface area contributed by atoms with Gasteiger partial charge in [-0.3, -0.25) is 14.5 Å². The van der Waals surface area contributed by atoms with Crippen molar-refractivity contribution in [1.29, 1.82) is 0 Å². The summed E-state index contributed by atoms with van der Waals surface area (Å²) in [5.41, 5.74) is 8.93. The molecule has 0 aliphatic rings. The lowest BCUT2D eigenvalue weighted by Gasteiger charge is -2.12. The van der Waals surface area contributed by atoms with E-state index in [1.165, 1.54) is 16.5 Å². The van der Waals surface area contributed by atoms with Crippen LogP contribution in [0.1, 0.15) is 23.7 Å². The molecule has 4 heteroatoms. The van der Waals surface area contributed by atoms with Crippen LogP contribution in [0.4, 0.5) is 0 Å². The van der Waals surface area contributed by atoms with Gasteiger partial charge in [0.15, 0.2) is 0 Å². The molecule has 0 atom stereocenters. The second-order valence-electron chi connectivity index (χ2n) is 8.48. The van der Waals surface area contributed by atoms with Gasteiger partial charge in [-0.2, -0.15) is 0 Å². The van der Waals surface area contributed by atoms with Crippen LogP contribution in [0.2, 0.25) is 0 Å². The first kappa shape index (κ1) is 20.3. The fourth-order valence-corrected chi connectivity index (χ4v) is 4.71. The van der Waals surface area contributed by atoms with Crippen LogP contribution in [0.15, 0.2) is 104 Å². The van der Waals surface area contributed by atoms with E-state index in [2.05, 4.69) is 71.1 Å². The van der Waals surface area contributed by atoms with E-state index in [9.17, 15) is 0 Å². The van der Waals surface area contributed by atoms with Crippen LogP contribution in [-0.4, -0.2) is 19.5 Å². The number of aromatic nitrogens is 4. The lowest BCUT2D eigenvalue weighted by atomic mass is 10.0. The Hall–Kier alpha value is -4.31. The topological polar surface area (TPSA) is 43.6 Å². The SMILES string of the molecule is CCc1cc(-c2ccc(Cc3ccccn3)cn2)cc2c3cccnc3n(-c3ccccc3)c12. The Morgan fingerprint density at radius 2 is 1.59 bits per heavy atom. The third-order valence-electron chi connectivity index (χ3n) is 6.33. The largest absolute Gasteiger partial charge is 0.294 e. The van der Waals surface area contributed by atoms with E-state index in [0.29, 0.717) is 0 Å². The molecule has 6 rings (SSSR count). The molecule has 0 aliphatic heterocycles. The number of hydrogen-bond acceptors (Lipinski definition) is 3. The summed E-state index contributed by atoms with van der Waals surface area (Å²) in [5.74, 6) is 0. The van der Waals surface area contributed by atoms with Crippen LogP contribution in [0.3, 0.4) is 0 Å². The van der Waals surface area contributed by atoms with E-state index < -0.39 is 0 Å². The number of fused-ring (bicyclic) bond motifs is 3. The van der Waals surface area contributed by atoms with Crippen molar-refractivity contribution in [3.8, 4) is 16.9 Å². The van der Waals surface area contributed by atoms with Gasteiger partial charge in [-0.1, -0.05) is 37.3 Å². The lowest BCUT2D eigenvalue weighted by molar-refractivity contribution is 1.06. The number of para-hydroxylation sites is 1. The maximum atomic E-state index is 4.82. The molecule has 0 bridgehead atoms. The van der Waals surface area contributed by atoms with E-state index in [4.69, 9.17) is 9.97 Å². The second kappa shape index (κ2) is 8.56. The van der Waals surface area contributed by atoms with Crippen molar-refractivity contribution in [1.82, 2.24) is 19.5 Å². The molecule has 0 amide bonds. The molecular weight excluding hydrogens is 416 g/mol. The predicted octanol–water partition coefficient (Wildman–Crippen LogP) is 6.79. The molecule has 0 saturated heterocycles. The molecule has 0 unspecified atom stereocenters. The maximum absolute atomic E-state index is 4.82. The van der Waals surface area contributed by atoms with Crippen molar-refractivity contribution < 1.29 is 0 Å². The molecule has 4 aromatic heterocycles. The highest BCUT2D eigenvalue weighted by Gasteiger charge is 2.17. The van der Waals surface area contributed by atoms with Gasteiger partial charge in [0.1, 0.15) is 5.65 Å². The molecule has 0 spiro atoms. The average Bonchev–Trinajstić information content (AvgIpc) is 3.24. The van der Waals surface area contributed by atoms with Gasteiger partial charge in [0, 0.05) is 52.7 Å². The summed E-state index contributed by atoms with van der Waals surface area (Å²) < 4.78 is 2.29. The van der Waals surface area contributed by atoms with Crippen molar-refractivity contribution in [3.05, 3.63) is 120 Å².